The average Bonchev–Trinajstić information content (AvgIpc) is 3.25. The molecule has 0 aliphatic heterocycles. The summed E-state index contributed by atoms with van der Waals surface area (Å²) in [6.45, 7) is 3.26. The van der Waals surface area contributed by atoms with E-state index in [-0.39, 0.29) is 11.6 Å². The number of quaternary nitrogens is 1. The van der Waals surface area contributed by atoms with E-state index in [4.69, 9.17) is 5.21 Å². The standard InChI is InChI=1S/C31H35N5O4/c1-31(2,30(38)33-22-13-15-23(16-14-22)36(39)40)34-29(37)21-12-17-24-26(19-21)35(3)28(25-11-7-8-18-32-25)27(24)20-9-5-4-6-10-20/h7-8,11-20,36,39H,4-6,9-10H2,1-3H3,(H,33,38)(H,34,37). The highest BCUT2D eigenvalue weighted by molar-refractivity contribution is 6.05. The van der Waals surface area contributed by atoms with Crippen LogP contribution in [0.15, 0.2) is 66.9 Å². The van der Waals surface area contributed by atoms with Crippen molar-refractivity contribution in [2.24, 2.45) is 7.05 Å². The third-order valence-electron chi connectivity index (χ3n) is 7.81. The van der Waals surface area contributed by atoms with Crippen molar-refractivity contribution in [1.29, 1.82) is 0 Å². The van der Waals surface area contributed by atoms with Gasteiger partial charge in [-0.2, -0.15) is 5.23 Å². The molecule has 2 amide bonds. The molecule has 9 nitrogen and oxygen atoms in total. The number of hydrogen-bond acceptors (Lipinski definition) is 5. The maximum atomic E-state index is 13.4. The van der Waals surface area contributed by atoms with Crippen molar-refractivity contribution in [2.75, 3.05) is 5.32 Å². The van der Waals surface area contributed by atoms with E-state index in [0.717, 1.165) is 35.1 Å². The average molecular weight is 542 g/mol. The Morgan fingerprint density at radius 1 is 1.05 bits per heavy atom. The highest BCUT2D eigenvalue weighted by Gasteiger charge is 2.31. The molecule has 4 N–H and O–H groups in total. The molecule has 1 fully saturated rings. The van der Waals surface area contributed by atoms with Gasteiger partial charge in [-0.1, -0.05) is 31.4 Å². The molecule has 2 aromatic heterocycles. The summed E-state index contributed by atoms with van der Waals surface area (Å²) in [6, 6.07) is 17.6. The molecule has 0 spiro atoms. The molecule has 5 rings (SSSR count). The third-order valence-corrected chi connectivity index (χ3v) is 7.81. The molecule has 4 aromatic rings. The highest BCUT2D eigenvalue weighted by atomic mass is 16.8. The van der Waals surface area contributed by atoms with Gasteiger partial charge in [0.05, 0.1) is 11.4 Å². The Balaban J connectivity index is 1.42. The van der Waals surface area contributed by atoms with Crippen LogP contribution in [-0.2, 0) is 11.8 Å². The van der Waals surface area contributed by atoms with E-state index in [1.165, 1.54) is 49.1 Å². The van der Waals surface area contributed by atoms with Crippen LogP contribution in [0.25, 0.3) is 22.3 Å². The van der Waals surface area contributed by atoms with Gasteiger partial charge in [0.15, 0.2) is 5.69 Å². The van der Waals surface area contributed by atoms with Crippen molar-refractivity contribution in [3.63, 3.8) is 0 Å². The molecule has 9 heteroatoms. The quantitative estimate of drug-likeness (QED) is 0.249. The smallest absolute Gasteiger partial charge is 0.252 e. The van der Waals surface area contributed by atoms with Crippen LogP contribution in [0.3, 0.4) is 0 Å². The number of pyridine rings is 1. The fraction of sp³-hybridized carbons (Fsp3) is 0.323. The second-order valence-corrected chi connectivity index (χ2v) is 11.0. The molecule has 2 aromatic carbocycles. The lowest BCUT2D eigenvalue weighted by atomic mass is 9.82. The number of carbonyl (C=O) groups is 2. The predicted octanol–water partition coefficient (Wildman–Crippen LogP) is 4.84. The van der Waals surface area contributed by atoms with Crippen molar-refractivity contribution < 1.29 is 20.0 Å². The van der Waals surface area contributed by atoms with E-state index in [2.05, 4.69) is 20.2 Å². The van der Waals surface area contributed by atoms with Crippen LogP contribution in [0.5, 0.6) is 0 Å². The van der Waals surface area contributed by atoms with Gasteiger partial charge in [-0.15, -0.1) is 0 Å². The highest BCUT2D eigenvalue weighted by Crippen LogP contribution is 2.43. The zero-order valence-corrected chi connectivity index (χ0v) is 23.0. The minimum atomic E-state index is -1.22. The Kier molecular flexibility index (Phi) is 7.71. The van der Waals surface area contributed by atoms with Gasteiger partial charge >= 0.3 is 0 Å². The van der Waals surface area contributed by atoms with E-state index in [1.807, 2.05) is 49.6 Å². The molecule has 0 bridgehead atoms. The molecule has 2 heterocycles. The van der Waals surface area contributed by atoms with E-state index < -0.39 is 16.7 Å². The normalized spacial score (nSPS) is 15.1. The lowest BCUT2D eigenvalue weighted by Gasteiger charge is -2.25. The van der Waals surface area contributed by atoms with Crippen LogP contribution in [0.1, 0.15) is 67.8 Å². The van der Waals surface area contributed by atoms with Crippen molar-refractivity contribution >= 4 is 34.1 Å². The number of aromatic nitrogens is 2. The Morgan fingerprint density at radius 3 is 2.42 bits per heavy atom. The van der Waals surface area contributed by atoms with Crippen LogP contribution in [0, 0.1) is 5.21 Å². The summed E-state index contributed by atoms with van der Waals surface area (Å²) in [5.74, 6) is -0.328. The topological polar surface area (TPSA) is 124 Å². The molecule has 1 aliphatic rings. The zero-order valence-electron chi connectivity index (χ0n) is 23.0. The van der Waals surface area contributed by atoms with E-state index in [9.17, 15) is 14.8 Å². The number of carbonyl (C=O) groups excluding carboxylic acids is 2. The monoisotopic (exact) mass is 541 g/mol. The number of rotatable bonds is 7. The number of benzene rings is 2. The number of fused-ring (bicyclic) bond motifs is 1. The van der Waals surface area contributed by atoms with Gasteiger partial charge < -0.3 is 20.4 Å². The maximum absolute atomic E-state index is 13.4. The fourth-order valence-electron chi connectivity index (χ4n) is 5.62. The molecule has 208 valence electrons. The first kappa shape index (κ1) is 27.5. The van der Waals surface area contributed by atoms with Gasteiger partial charge in [0.2, 0.25) is 5.91 Å². The van der Waals surface area contributed by atoms with Crippen LogP contribution in [0.4, 0.5) is 11.4 Å². The van der Waals surface area contributed by atoms with Crippen molar-refractivity contribution in [3.05, 3.63) is 83.2 Å². The first-order valence-corrected chi connectivity index (χ1v) is 13.7. The maximum Gasteiger partial charge on any atom is 0.252 e. The van der Waals surface area contributed by atoms with Crippen LogP contribution >= 0.6 is 0 Å². The Bertz CT molecular complexity index is 1520. The molecule has 1 aliphatic carbocycles. The van der Waals surface area contributed by atoms with Crippen molar-refractivity contribution in [2.45, 2.75) is 57.4 Å². The molecule has 1 saturated carbocycles. The van der Waals surface area contributed by atoms with Crippen molar-refractivity contribution in [1.82, 2.24) is 14.9 Å². The van der Waals surface area contributed by atoms with E-state index in [1.54, 1.807) is 13.8 Å². The molecule has 0 radical (unpaired) electrons. The Morgan fingerprint density at radius 2 is 1.77 bits per heavy atom. The molecule has 1 atom stereocenters. The zero-order chi connectivity index (χ0) is 28.4. The van der Waals surface area contributed by atoms with Gasteiger partial charge in [0.25, 0.3) is 5.91 Å². The summed E-state index contributed by atoms with van der Waals surface area (Å²) in [4.78, 5) is 31.1. The number of anilines is 1. The number of aryl methyl sites for hydroxylation is 1. The van der Waals surface area contributed by atoms with Crippen LogP contribution < -0.4 is 15.9 Å². The summed E-state index contributed by atoms with van der Waals surface area (Å²) in [5, 5.41) is 25.9. The van der Waals surface area contributed by atoms with Gasteiger partial charge in [0, 0.05) is 47.5 Å². The number of nitrogens with one attached hydrogen (secondary N) is 3. The lowest BCUT2D eigenvalue weighted by molar-refractivity contribution is -0.991. The Hall–Kier alpha value is -4.05. The van der Waals surface area contributed by atoms with E-state index >= 15 is 0 Å². The number of nitrogens with zero attached hydrogens (tertiary/aromatic N) is 2. The van der Waals surface area contributed by atoms with Gasteiger partial charge in [-0.05, 0) is 74.6 Å². The third kappa shape index (κ3) is 5.49. The first-order chi connectivity index (χ1) is 19.2. The number of amides is 2. The largest absolute Gasteiger partial charge is 0.595 e. The molecule has 40 heavy (non-hydrogen) atoms. The molecular formula is C31H35N5O4. The summed E-state index contributed by atoms with van der Waals surface area (Å²) in [6.07, 6.45) is 7.78. The van der Waals surface area contributed by atoms with Crippen LogP contribution in [-0.4, -0.2) is 32.1 Å². The summed E-state index contributed by atoms with van der Waals surface area (Å²) in [7, 11) is 2.02. The first-order valence-electron chi connectivity index (χ1n) is 13.7. The Labute approximate surface area is 233 Å². The second-order valence-electron chi connectivity index (χ2n) is 11.0. The van der Waals surface area contributed by atoms with Gasteiger partial charge in [-0.3, -0.25) is 14.6 Å². The van der Waals surface area contributed by atoms with Crippen molar-refractivity contribution in [3.8, 4) is 11.4 Å². The van der Waals surface area contributed by atoms with Gasteiger partial charge in [-0.25, -0.2) is 5.21 Å². The lowest BCUT2D eigenvalue weighted by Crippen LogP contribution is -2.99. The summed E-state index contributed by atoms with van der Waals surface area (Å²) < 4.78 is 2.14. The SMILES string of the molecule is Cn1c(-c2ccccn2)c(C2CCCCC2)c2ccc(C(=O)NC(C)(C)C(=O)Nc3ccc([NH+]([O-])O)cc3)cc21. The molecular weight excluding hydrogens is 506 g/mol. The molecule has 0 saturated heterocycles. The number of hydrogen-bond donors (Lipinski definition) is 4. The molecule has 1 unspecified atom stereocenters. The van der Waals surface area contributed by atoms with Gasteiger partial charge in [0.1, 0.15) is 5.54 Å². The fourth-order valence-corrected chi connectivity index (χ4v) is 5.62. The van der Waals surface area contributed by atoms with Crippen LogP contribution in [0.2, 0.25) is 0 Å². The summed E-state index contributed by atoms with van der Waals surface area (Å²) in [5.41, 5.74) is 4.07. The minimum Gasteiger partial charge on any atom is -0.595 e. The van der Waals surface area contributed by atoms with E-state index in [0.29, 0.717) is 17.2 Å². The second kappa shape index (κ2) is 11.2. The summed E-state index contributed by atoms with van der Waals surface area (Å²) >= 11 is 0. The predicted molar refractivity (Wildman–Crippen MR) is 154 cm³/mol. The minimum absolute atomic E-state index is 0.125.